The molecule has 2 amide bonds. The number of urea groups is 1. The highest BCUT2D eigenvalue weighted by atomic mass is 35.5. The predicted molar refractivity (Wildman–Crippen MR) is 104 cm³/mol. The van der Waals surface area contributed by atoms with Crippen molar-refractivity contribution in [3.63, 3.8) is 0 Å². The van der Waals surface area contributed by atoms with Crippen molar-refractivity contribution in [3.05, 3.63) is 69.7 Å². The number of hydrogen-bond acceptors (Lipinski definition) is 3. The average Bonchev–Trinajstić information content (AvgIpc) is 2.99. The van der Waals surface area contributed by atoms with Crippen LogP contribution in [0.2, 0.25) is 5.02 Å². The van der Waals surface area contributed by atoms with E-state index in [0.717, 1.165) is 26.7 Å². The molecule has 6 heteroatoms. The first-order valence-corrected chi connectivity index (χ1v) is 9.05. The molecule has 0 spiro atoms. The van der Waals surface area contributed by atoms with Crippen LogP contribution in [0.4, 0.5) is 10.5 Å². The zero-order chi connectivity index (χ0) is 17.8. The first kappa shape index (κ1) is 17.5. The monoisotopic (exact) mass is 371 g/mol. The number of nitrogens with one attached hydrogen (secondary N) is 2. The standard InChI is InChI=1S/C19H18ClN3OS/c1-12-15(20)9-6-10-16(12)23-19(24)21-11-17-13(2)22-18(25-17)14-7-4-3-5-8-14/h3-10H,11H2,1-2H3,(H2,21,23,24). The van der Waals surface area contributed by atoms with E-state index in [1.165, 1.54) is 0 Å². The van der Waals surface area contributed by atoms with E-state index in [1.54, 1.807) is 17.4 Å². The van der Waals surface area contributed by atoms with Gasteiger partial charge in [-0.15, -0.1) is 11.3 Å². The normalized spacial score (nSPS) is 10.5. The van der Waals surface area contributed by atoms with Gasteiger partial charge in [0.2, 0.25) is 0 Å². The molecule has 0 aliphatic carbocycles. The van der Waals surface area contributed by atoms with Crippen molar-refractivity contribution < 1.29 is 4.79 Å². The molecule has 25 heavy (non-hydrogen) atoms. The first-order valence-electron chi connectivity index (χ1n) is 7.86. The third-order valence-corrected chi connectivity index (χ3v) is 5.45. The number of anilines is 1. The number of benzene rings is 2. The van der Waals surface area contributed by atoms with Crippen LogP contribution in [-0.4, -0.2) is 11.0 Å². The van der Waals surface area contributed by atoms with Gasteiger partial charge in [0.1, 0.15) is 5.01 Å². The Labute approximate surface area is 155 Å². The van der Waals surface area contributed by atoms with Crippen LogP contribution in [0, 0.1) is 13.8 Å². The van der Waals surface area contributed by atoms with Crippen molar-refractivity contribution in [1.29, 1.82) is 0 Å². The third kappa shape index (κ3) is 4.18. The maximum atomic E-state index is 12.2. The van der Waals surface area contributed by atoms with E-state index in [-0.39, 0.29) is 6.03 Å². The van der Waals surface area contributed by atoms with Gasteiger partial charge in [0.05, 0.1) is 12.2 Å². The highest BCUT2D eigenvalue weighted by molar-refractivity contribution is 7.15. The molecule has 128 valence electrons. The summed E-state index contributed by atoms with van der Waals surface area (Å²) in [5, 5.41) is 7.29. The molecule has 0 fully saturated rings. The number of amides is 2. The lowest BCUT2D eigenvalue weighted by Crippen LogP contribution is -2.28. The summed E-state index contributed by atoms with van der Waals surface area (Å²) >= 11 is 7.67. The smallest absolute Gasteiger partial charge is 0.319 e. The molecule has 0 radical (unpaired) electrons. The van der Waals surface area contributed by atoms with Gasteiger partial charge in [0.25, 0.3) is 0 Å². The Bertz CT molecular complexity index is 893. The zero-order valence-electron chi connectivity index (χ0n) is 14.0. The maximum Gasteiger partial charge on any atom is 0.319 e. The minimum absolute atomic E-state index is 0.264. The number of hydrogen-bond donors (Lipinski definition) is 2. The Morgan fingerprint density at radius 1 is 1.12 bits per heavy atom. The fourth-order valence-corrected chi connectivity index (χ4v) is 3.55. The van der Waals surface area contributed by atoms with Crippen molar-refractivity contribution >= 4 is 34.7 Å². The van der Waals surface area contributed by atoms with Crippen LogP contribution >= 0.6 is 22.9 Å². The fraction of sp³-hybridized carbons (Fsp3) is 0.158. The number of aryl methyl sites for hydroxylation is 1. The first-order chi connectivity index (χ1) is 12.0. The van der Waals surface area contributed by atoms with Crippen LogP contribution in [0.5, 0.6) is 0 Å². The van der Waals surface area contributed by atoms with Crippen LogP contribution in [0.25, 0.3) is 10.6 Å². The molecule has 4 nitrogen and oxygen atoms in total. The van der Waals surface area contributed by atoms with Crippen LogP contribution < -0.4 is 10.6 Å². The number of halogens is 1. The number of carbonyl (C=O) groups is 1. The van der Waals surface area contributed by atoms with Crippen molar-refractivity contribution in [3.8, 4) is 10.6 Å². The van der Waals surface area contributed by atoms with E-state index in [0.29, 0.717) is 17.3 Å². The third-order valence-electron chi connectivity index (χ3n) is 3.84. The number of rotatable bonds is 4. The minimum atomic E-state index is -0.264. The van der Waals surface area contributed by atoms with Crippen molar-refractivity contribution in [2.24, 2.45) is 0 Å². The highest BCUT2D eigenvalue weighted by Crippen LogP contribution is 2.27. The fourth-order valence-electron chi connectivity index (χ4n) is 2.37. The van der Waals surface area contributed by atoms with Gasteiger partial charge in [0.15, 0.2) is 0 Å². The maximum absolute atomic E-state index is 12.2. The molecule has 0 unspecified atom stereocenters. The van der Waals surface area contributed by atoms with Gasteiger partial charge < -0.3 is 10.6 Å². The Balaban J connectivity index is 1.65. The molecule has 0 atom stereocenters. The Kier molecular flexibility index (Phi) is 5.36. The second-order valence-corrected chi connectivity index (χ2v) is 7.10. The van der Waals surface area contributed by atoms with Gasteiger partial charge >= 0.3 is 6.03 Å². The van der Waals surface area contributed by atoms with E-state index in [4.69, 9.17) is 11.6 Å². The number of carbonyl (C=O) groups excluding carboxylic acids is 1. The number of aromatic nitrogens is 1. The summed E-state index contributed by atoms with van der Waals surface area (Å²) in [5.41, 5.74) is 3.57. The van der Waals surface area contributed by atoms with Crippen molar-refractivity contribution in [1.82, 2.24) is 10.3 Å². The summed E-state index contributed by atoms with van der Waals surface area (Å²) in [4.78, 5) is 17.8. The SMILES string of the molecule is Cc1nc(-c2ccccc2)sc1CNC(=O)Nc1cccc(Cl)c1C. The van der Waals surface area contributed by atoms with E-state index < -0.39 is 0 Å². The second kappa shape index (κ2) is 7.68. The van der Waals surface area contributed by atoms with Crippen LogP contribution in [0.15, 0.2) is 48.5 Å². The van der Waals surface area contributed by atoms with Gasteiger partial charge in [0, 0.05) is 21.2 Å². The lowest BCUT2D eigenvalue weighted by atomic mass is 10.2. The molecule has 2 N–H and O–H groups in total. The van der Waals surface area contributed by atoms with E-state index in [9.17, 15) is 4.79 Å². The predicted octanol–water partition coefficient (Wildman–Crippen LogP) is 5.40. The summed E-state index contributed by atoms with van der Waals surface area (Å²) in [7, 11) is 0. The van der Waals surface area contributed by atoms with Gasteiger partial charge in [-0.25, -0.2) is 9.78 Å². The Morgan fingerprint density at radius 3 is 2.64 bits per heavy atom. The molecule has 0 saturated carbocycles. The largest absolute Gasteiger partial charge is 0.333 e. The van der Waals surface area contributed by atoms with Gasteiger partial charge in [-0.05, 0) is 31.5 Å². The average molecular weight is 372 g/mol. The summed E-state index contributed by atoms with van der Waals surface area (Å²) in [5.74, 6) is 0. The molecule has 1 heterocycles. The molecule has 0 saturated heterocycles. The molecular formula is C19H18ClN3OS. The van der Waals surface area contributed by atoms with Crippen molar-refractivity contribution in [2.45, 2.75) is 20.4 Å². The van der Waals surface area contributed by atoms with Crippen LogP contribution in [-0.2, 0) is 6.54 Å². The van der Waals surface area contributed by atoms with E-state index >= 15 is 0 Å². The lowest BCUT2D eigenvalue weighted by molar-refractivity contribution is 0.252. The molecule has 0 aliphatic heterocycles. The quantitative estimate of drug-likeness (QED) is 0.644. The van der Waals surface area contributed by atoms with Gasteiger partial charge in [-0.2, -0.15) is 0 Å². The van der Waals surface area contributed by atoms with E-state index in [2.05, 4.69) is 15.6 Å². The van der Waals surface area contributed by atoms with Crippen LogP contribution in [0.3, 0.4) is 0 Å². The molecule has 1 aromatic heterocycles. The summed E-state index contributed by atoms with van der Waals surface area (Å²) in [6.07, 6.45) is 0. The van der Waals surface area contributed by atoms with Gasteiger partial charge in [-0.3, -0.25) is 0 Å². The lowest BCUT2D eigenvalue weighted by Gasteiger charge is -2.10. The minimum Gasteiger partial charge on any atom is -0.333 e. The summed E-state index contributed by atoms with van der Waals surface area (Å²) < 4.78 is 0. The Morgan fingerprint density at radius 2 is 1.88 bits per heavy atom. The molecule has 3 rings (SSSR count). The topological polar surface area (TPSA) is 54.0 Å². The van der Waals surface area contributed by atoms with Crippen molar-refractivity contribution in [2.75, 3.05) is 5.32 Å². The number of nitrogens with zero attached hydrogens (tertiary/aromatic N) is 1. The molecular weight excluding hydrogens is 354 g/mol. The molecule has 2 aromatic carbocycles. The zero-order valence-corrected chi connectivity index (χ0v) is 15.5. The van der Waals surface area contributed by atoms with Crippen LogP contribution in [0.1, 0.15) is 16.1 Å². The Hall–Kier alpha value is -2.37. The summed E-state index contributed by atoms with van der Waals surface area (Å²) in [6, 6.07) is 15.2. The number of thiazole rings is 1. The summed E-state index contributed by atoms with van der Waals surface area (Å²) in [6.45, 7) is 4.26. The molecule has 0 aliphatic rings. The molecule has 0 bridgehead atoms. The van der Waals surface area contributed by atoms with Gasteiger partial charge in [-0.1, -0.05) is 48.0 Å². The second-order valence-electron chi connectivity index (χ2n) is 5.61. The highest BCUT2D eigenvalue weighted by Gasteiger charge is 2.11. The molecule has 3 aromatic rings. The van der Waals surface area contributed by atoms with E-state index in [1.807, 2.05) is 56.3 Å².